The van der Waals surface area contributed by atoms with Crippen LogP contribution >= 0.6 is 27.3 Å². The molecule has 2 nitrogen and oxygen atoms in total. The summed E-state index contributed by atoms with van der Waals surface area (Å²) in [5.41, 5.74) is 1.45. The van der Waals surface area contributed by atoms with Crippen molar-refractivity contribution in [2.24, 2.45) is 0 Å². The summed E-state index contributed by atoms with van der Waals surface area (Å²) in [5, 5.41) is 3.50. The molecule has 2 aliphatic rings. The average Bonchev–Trinajstić information content (AvgIpc) is 2.60. The molecular weight excluding hydrogens is 286 g/mol. The van der Waals surface area contributed by atoms with Crippen LogP contribution in [0.2, 0.25) is 0 Å². The second-order valence-electron chi connectivity index (χ2n) is 4.79. The van der Waals surface area contributed by atoms with Crippen molar-refractivity contribution in [2.45, 2.75) is 37.8 Å². The van der Waals surface area contributed by atoms with Crippen LogP contribution in [0.5, 0.6) is 0 Å². The van der Waals surface area contributed by atoms with Crippen LogP contribution in [-0.4, -0.2) is 19.2 Å². The number of hydrogen-bond donors (Lipinski definition) is 1. The van der Waals surface area contributed by atoms with Crippen molar-refractivity contribution in [3.05, 3.63) is 20.3 Å². The fourth-order valence-electron chi connectivity index (χ4n) is 2.95. The molecule has 4 heteroatoms. The Balaban J connectivity index is 2.02. The fraction of sp³-hybridized carbons (Fsp3) is 0.667. The molecule has 0 unspecified atom stereocenters. The molecule has 88 valence electrons. The number of rotatable bonds is 0. The maximum absolute atomic E-state index is 6.16. The van der Waals surface area contributed by atoms with E-state index in [4.69, 9.17) is 4.74 Å². The number of halogens is 1. The van der Waals surface area contributed by atoms with Crippen LogP contribution in [0.15, 0.2) is 9.85 Å². The number of hydrogen-bond acceptors (Lipinski definition) is 3. The molecular formula is C12H16BrNOS. The van der Waals surface area contributed by atoms with E-state index >= 15 is 0 Å². The van der Waals surface area contributed by atoms with E-state index in [0.29, 0.717) is 6.04 Å². The van der Waals surface area contributed by atoms with Gasteiger partial charge in [-0.05, 0) is 53.9 Å². The summed E-state index contributed by atoms with van der Waals surface area (Å²) in [6, 6.07) is 2.83. The van der Waals surface area contributed by atoms with E-state index in [-0.39, 0.29) is 5.60 Å². The van der Waals surface area contributed by atoms with Crippen molar-refractivity contribution in [3.63, 3.8) is 0 Å². The highest BCUT2D eigenvalue weighted by Crippen LogP contribution is 2.45. The Morgan fingerprint density at radius 3 is 3.31 bits per heavy atom. The summed E-state index contributed by atoms with van der Waals surface area (Å²) in [5.74, 6) is 0. The lowest BCUT2D eigenvalue weighted by molar-refractivity contribution is -0.0870. The molecule has 1 N–H and O–H groups in total. The van der Waals surface area contributed by atoms with Crippen LogP contribution in [0.4, 0.5) is 0 Å². The van der Waals surface area contributed by atoms with Gasteiger partial charge >= 0.3 is 0 Å². The summed E-state index contributed by atoms with van der Waals surface area (Å²) in [7, 11) is 0. The number of fused-ring (bicyclic) bond motifs is 2. The normalized spacial score (nSPS) is 34.0. The van der Waals surface area contributed by atoms with Gasteiger partial charge in [0.25, 0.3) is 0 Å². The molecule has 0 radical (unpaired) electrons. The van der Waals surface area contributed by atoms with E-state index in [1.807, 2.05) is 11.3 Å². The minimum absolute atomic E-state index is 0.000764. The Morgan fingerprint density at radius 2 is 2.50 bits per heavy atom. The van der Waals surface area contributed by atoms with Crippen molar-refractivity contribution in [1.82, 2.24) is 5.32 Å². The fourth-order valence-corrected chi connectivity index (χ4v) is 4.72. The summed E-state index contributed by atoms with van der Waals surface area (Å²) in [6.45, 7) is 4.20. The number of ether oxygens (including phenoxy) is 1. The van der Waals surface area contributed by atoms with Gasteiger partial charge in [-0.1, -0.05) is 0 Å². The first-order valence-corrected chi connectivity index (χ1v) is 7.47. The van der Waals surface area contributed by atoms with Crippen molar-refractivity contribution >= 4 is 27.3 Å². The van der Waals surface area contributed by atoms with E-state index in [2.05, 4.69) is 34.2 Å². The van der Waals surface area contributed by atoms with Crippen molar-refractivity contribution in [2.75, 3.05) is 13.2 Å². The molecule has 1 fully saturated rings. The van der Waals surface area contributed by atoms with Crippen LogP contribution in [0.1, 0.15) is 30.2 Å². The maximum atomic E-state index is 6.16. The first kappa shape index (κ1) is 11.2. The topological polar surface area (TPSA) is 21.3 Å². The third kappa shape index (κ3) is 1.76. The molecule has 0 saturated carbocycles. The highest BCUT2D eigenvalue weighted by Gasteiger charge is 2.41. The predicted octanol–water partition coefficient (Wildman–Crippen LogP) is 3.05. The number of thiophene rings is 1. The number of piperidine rings is 1. The van der Waals surface area contributed by atoms with Crippen LogP contribution in [0.25, 0.3) is 0 Å². The molecule has 3 rings (SSSR count). The van der Waals surface area contributed by atoms with Crippen LogP contribution < -0.4 is 5.32 Å². The lowest BCUT2D eigenvalue weighted by atomic mass is 9.80. The van der Waals surface area contributed by atoms with Crippen molar-refractivity contribution in [3.8, 4) is 0 Å². The first-order valence-electron chi connectivity index (χ1n) is 5.86. The maximum Gasteiger partial charge on any atom is 0.0969 e. The number of nitrogens with one attached hydrogen (secondary N) is 1. The lowest BCUT2D eigenvalue weighted by Gasteiger charge is -2.43. The van der Waals surface area contributed by atoms with Gasteiger partial charge in [-0.25, -0.2) is 0 Å². The minimum Gasteiger partial charge on any atom is -0.370 e. The zero-order chi connectivity index (χ0) is 11.2. The minimum atomic E-state index is 0.000764. The molecule has 1 aromatic rings. The molecule has 3 heterocycles. The van der Waals surface area contributed by atoms with E-state index in [1.165, 1.54) is 14.2 Å². The molecule has 1 spiro atoms. The summed E-state index contributed by atoms with van der Waals surface area (Å²) < 4.78 is 7.41. The molecule has 0 aliphatic carbocycles. The molecule has 1 aromatic heterocycles. The standard InChI is InChI=1S/C12H16BrNOS/c1-8-7-12(3-4-14-8)9-6-11(13)16-10(9)2-5-15-12/h6,8,14H,2-5,7H2,1H3/t8-,12+/m0/s1. The zero-order valence-corrected chi connectivity index (χ0v) is 11.8. The van der Waals surface area contributed by atoms with Gasteiger partial charge in [0, 0.05) is 17.3 Å². The molecule has 16 heavy (non-hydrogen) atoms. The lowest BCUT2D eigenvalue weighted by Crippen LogP contribution is -2.48. The first-order chi connectivity index (χ1) is 7.70. The van der Waals surface area contributed by atoms with E-state index in [1.54, 1.807) is 0 Å². The third-order valence-corrected chi connectivity index (χ3v) is 5.33. The van der Waals surface area contributed by atoms with Crippen LogP contribution in [-0.2, 0) is 16.8 Å². The van der Waals surface area contributed by atoms with Gasteiger partial charge < -0.3 is 10.1 Å². The Morgan fingerprint density at radius 1 is 1.62 bits per heavy atom. The van der Waals surface area contributed by atoms with Gasteiger partial charge in [0.2, 0.25) is 0 Å². The van der Waals surface area contributed by atoms with Crippen molar-refractivity contribution < 1.29 is 4.74 Å². The van der Waals surface area contributed by atoms with Crippen molar-refractivity contribution in [1.29, 1.82) is 0 Å². The van der Waals surface area contributed by atoms with E-state index in [9.17, 15) is 0 Å². The Bertz CT molecular complexity index is 406. The predicted molar refractivity (Wildman–Crippen MR) is 70.1 cm³/mol. The highest BCUT2D eigenvalue weighted by molar-refractivity contribution is 9.11. The molecule has 0 aromatic carbocycles. The molecule has 0 amide bonds. The summed E-state index contributed by atoms with van der Waals surface area (Å²) in [4.78, 5) is 1.52. The van der Waals surface area contributed by atoms with E-state index in [0.717, 1.165) is 32.4 Å². The second-order valence-corrected chi connectivity index (χ2v) is 7.31. The van der Waals surface area contributed by atoms with Gasteiger partial charge in [0.05, 0.1) is 16.0 Å². The monoisotopic (exact) mass is 301 g/mol. The van der Waals surface area contributed by atoms with Gasteiger partial charge in [-0.15, -0.1) is 11.3 Å². The van der Waals surface area contributed by atoms with E-state index < -0.39 is 0 Å². The quantitative estimate of drug-likeness (QED) is 0.795. The van der Waals surface area contributed by atoms with Gasteiger partial charge in [-0.2, -0.15) is 0 Å². The molecule has 0 bridgehead atoms. The zero-order valence-electron chi connectivity index (χ0n) is 9.38. The van der Waals surface area contributed by atoms with Gasteiger partial charge in [0.15, 0.2) is 0 Å². The Kier molecular flexibility index (Phi) is 2.86. The van der Waals surface area contributed by atoms with Crippen LogP contribution in [0.3, 0.4) is 0 Å². The Labute approximate surface area is 109 Å². The summed E-state index contributed by atoms with van der Waals surface area (Å²) >= 11 is 5.48. The summed E-state index contributed by atoms with van der Waals surface area (Å²) in [6.07, 6.45) is 3.28. The average molecular weight is 302 g/mol. The molecule has 1 saturated heterocycles. The smallest absolute Gasteiger partial charge is 0.0969 e. The second kappa shape index (κ2) is 4.09. The molecule has 2 atom stereocenters. The van der Waals surface area contributed by atoms with Crippen LogP contribution in [0, 0.1) is 0 Å². The molecule has 2 aliphatic heterocycles. The van der Waals surface area contributed by atoms with Gasteiger partial charge in [0.1, 0.15) is 0 Å². The third-order valence-electron chi connectivity index (χ3n) is 3.63. The highest BCUT2D eigenvalue weighted by atomic mass is 79.9. The van der Waals surface area contributed by atoms with Gasteiger partial charge in [-0.3, -0.25) is 0 Å². The largest absolute Gasteiger partial charge is 0.370 e. The Hall–Kier alpha value is 0.100. The SMILES string of the molecule is C[C@H]1C[C@@]2(CCN1)OCCc1sc(Br)cc12.